The first kappa shape index (κ1) is 25.5. The maximum Gasteiger partial charge on any atom is 0.250 e. The molecule has 35 heavy (non-hydrogen) atoms. The lowest BCUT2D eigenvalue weighted by Crippen LogP contribution is -2.57. The van der Waals surface area contributed by atoms with E-state index in [0.29, 0.717) is 39.0 Å². The van der Waals surface area contributed by atoms with Crippen molar-refractivity contribution in [3.63, 3.8) is 0 Å². The van der Waals surface area contributed by atoms with Crippen LogP contribution in [0.3, 0.4) is 0 Å². The summed E-state index contributed by atoms with van der Waals surface area (Å²) < 4.78 is 0. The zero-order valence-electron chi connectivity index (χ0n) is 21.4. The molecule has 3 aliphatic rings. The number of hydrogen-bond acceptors (Lipinski definition) is 4. The van der Waals surface area contributed by atoms with Crippen LogP contribution in [-0.2, 0) is 14.4 Å². The smallest absolute Gasteiger partial charge is 0.250 e. The summed E-state index contributed by atoms with van der Waals surface area (Å²) in [6.07, 6.45) is 10.9. The highest BCUT2D eigenvalue weighted by atomic mass is 16.2. The van der Waals surface area contributed by atoms with Crippen molar-refractivity contribution in [1.29, 1.82) is 0 Å². The normalized spacial score (nSPS) is 19.7. The number of likely N-dealkylation sites (tertiary alicyclic amines) is 2. The van der Waals surface area contributed by atoms with Crippen LogP contribution in [0.15, 0.2) is 30.3 Å². The third-order valence-electron chi connectivity index (χ3n) is 8.05. The van der Waals surface area contributed by atoms with Crippen molar-refractivity contribution in [2.45, 2.75) is 83.1 Å². The molecular weight excluding hydrogens is 440 g/mol. The Labute approximate surface area is 210 Å². The SMILES string of the molecule is CCCCCCCCC(=O)N1CCC2(CC1)C(=O)N(CC(=O)N1CCCC1)CN2c1ccccc1. The Balaban J connectivity index is 1.39. The van der Waals surface area contributed by atoms with Gasteiger partial charge in [0.2, 0.25) is 11.8 Å². The van der Waals surface area contributed by atoms with Gasteiger partial charge in [0.05, 0.1) is 6.67 Å². The highest BCUT2D eigenvalue weighted by Gasteiger charge is 2.54. The zero-order chi connectivity index (χ0) is 24.7. The Kier molecular flexibility index (Phi) is 8.69. The summed E-state index contributed by atoms with van der Waals surface area (Å²) >= 11 is 0. The quantitative estimate of drug-likeness (QED) is 0.473. The molecule has 0 radical (unpaired) electrons. The van der Waals surface area contributed by atoms with Gasteiger partial charge in [-0.25, -0.2) is 0 Å². The standard InChI is InChI=1S/C28H42N4O3/c1-2-3-4-5-6-10-15-25(33)30-20-16-28(17-21-30)27(35)31(22-26(34)29-18-11-12-19-29)23-32(28)24-13-8-7-9-14-24/h7-9,13-14H,2-6,10-12,15-23H2,1H3. The van der Waals surface area contributed by atoms with E-state index in [-0.39, 0.29) is 24.3 Å². The summed E-state index contributed by atoms with van der Waals surface area (Å²) in [7, 11) is 0. The lowest BCUT2D eigenvalue weighted by atomic mass is 9.85. The van der Waals surface area contributed by atoms with Gasteiger partial charge in [-0.3, -0.25) is 14.4 Å². The van der Waals surface area contributed by atoms with Gasteiger partial charge in [-0.1, -0.05) is 57.2 Å². The molecular formula is C28H42N4O3. The molecule has 0 aromatic heterocycles. The molecule has 3 saturated heterocycles. The van der Waals surface area contributed by atoms with E-state index in [1.54, 1.807) is 4.90 Å². The number of para-hydroxylation sites is 1. The largest absolute Gasteiger partial charge is 0.342 e. The first-order valence-corrected chi connectivity index (χ1v) is 13.7. The Hall–Kier alpha value is -2.57. The molecule has 1 spiro atoms. The second kappa shape index (κ2) is 11.9. The molecule has 0 aliphatic carbocycles. The van der Waals surface area contributed by atoms with Crippen LogP contribution in [0.25, 0.3) is 0 Å². The zero-order valence-corrected chi connectivity index (χ0v) is 21.4. The summed E-state index contributed by atoms with van der Waals surface area (Å²) in [4.78, 5) is 47.2. The minimum absolute atomic E-state index is 0.0388. The highest BCUT2D eigenvalue weighted by Crippen LogP contribution is 2.39. The van der Waals surface area contributed by atoms with Crippen molar-refractivity contribution in [3.05, 3.63) is 30.3 Å². The van der Waals surface area contributed by atoms with Crippen molar-refractivity contribution in [2.75, 3.05) is 44.3 Å². The van der Waals surface area contributed by atoms with Crippen LogP contribution >= 0.6 is 0 Å². The van der Waals surface area contributed by atoms with Crippen molar-refractivity contribution in [1.82, 2.24) is 14.7 Å². The fourth-order valence-corrected chi connectivity index (χ4v) is 5.89. The molecule has 0 atom stereocenters. The van der Waals surface area contributed by atoms with Gasteiger partial charge in [-0.05, 0) is 44.2 Å². The van der Waals surface area contributed by atoms with Crippen molar-refractivity contribution in [3.8, 4) is 0 Å². The fourth-order valence-electron chi connectivity index (χ4n) is 5.89. The Bertz CT molecular complexity index is 860. The molecule has 3 amide bonds. The van der Waals surface area contributed by atoms with Crippen LogP contribution in [0.2, 0.25) is 0 Å². The molecule has 3 fully saturated rings. The maximum absolute atomic E-state index is 13.8. The van der Waals surface area contributed by atoms with Gasteiger partial charge in [-0.15, -0.1) is 0 Å². The molecule has 0 bridgehead atoms. The number of benzene rings is 1. The van der Waals surface area contributed by atoms with E-state index in [4.69, 9.17) is 0 Å². The lowest BCUT2D eigenvalue weighted by Gasteiger charge is -2.43. The number of amides is 3. The summed E-state index contributed by atoms with van der Waals surface area (Å²) in [5, 5.41) is 0. The lowest BCUT2D eigenvalue weighted by molar-refractivity contribution is -0.141. The van der Waals surface area contributed by atoms with Crippen LogP contribution in [-0.4, -0.2) is 77.4 Å². The highest BCUT2D eigenvalue weighted by molar-refractivity contribution is 5.96. The molecule has 0 saturated carbocycles. The van der Waals surface area contributed by atoms with E-state index in [9.17, 15) is 14.4 Å². The number of carbonyl (C=O) groups excluding carboxylic acids is 3. The molecule has 0 N–H and O–H groups in total. The fraction of sp³-hybridized carbons (Fsp3) is 0.679. The predicted molar refractivity (Wildman–Crippen MR) is 138 cm³/mol. The van der Waals surface area contributed by atoms with E-state index >= 15 is 0 Å². The number of rotatable bonds is 10. The summed E-state index contributed by atoms with van der Waals surface area (Å²) in [6.45, 7) is 5.56. The third kappa shape index (κ3) is 5.81. The number of nitrogens with zero attached hydrogens (tertiary/aromatic N) is 4. The Morgan fingerprint density at radius 2 is 1.46 bits per heavy atom. The topological polar surface area (TPSA) is 64.2 Å². The number of anilines is 1. The van der Waals surface area contributed by atoms with Gasteiger partial charge in [-0.2, -0.15) is 0 Å². The molecule has 1 aromatic rings. The molecule has 4 rings (SSSR count). The van der Waals surface area contributed by atoms with Gasteiger partial charge in [0.25, 0.3) is 5.91 Å². The van der Waals surface area contributed by atoms with Gasteiger partial charge in [0, 0.05) is 38.3 Å². The third-order valence-corrected chi connectivity index (χ3v) is 8.05. The van der Waals surface area contributed by atoms with Gasteiger partial charge in [0.1, 0.15) is 12.1 Å². The monoisotopic (exact) mass is 482 g/mol. The number of unbranched alkanes of at least 4 members (excludes halogenated alkanes) is 5. The first-order valence-electron chi connectivity index (χ1n) is 13.7. The number of piperidine rings is 1. The van der Waals surface area contributed by atoms with Crippen LogP contribution < -0.4 is 4.90 Å². The van der Waals surface area contributed by atoms with Crippen molar-refractivity contribution < 1.29 is 14.4 Å². The minimum Gasteiger partial charge on any atom is -0.342 e. The van der Waals surface area contributed by atoms with Crippen LogP contribution in [0, 0.1) is 0 Å². The maximum atomic E-state index is 13.8. The molecule has 7 nitrogen and oxygen atoms in total. The van der Waals surface area contributed by atoms with Gasteiger partial charge >= 0.3 is 0 Å². The van der Waals surface area contributed by atoms with E-state index in [1.165, 1.54) is 25.7 Å². The minimum atomic E-state index is -0.677. The molecule has 192 valence electrons. The summed E-state index contributed by atoms with van der Waals surface area (Å²) in [5.74, 6) is 0.303. The molecule has 3 heterocycles. The Morgan fingerprint density at radius 1 is 0.829 bits per heavy atom. The van der Waals surface area contributed by atoms with Gasteiger partial charge in [0.15, 0.2) is 0 Å². The van der Waals surface area contributed by atoms with E-state index < -0.39 is 5.54 Å². The summed E-state index contributed by atoms with van der Waals surface area (Å²) in [6, 6.07) is 10.0. The molecule has 0 unspecified atom stereocenters. The van der Waals surface area contributed by atoms with E-state index in [2.05, 4.69) is 11.8 Å². The Morgan fingerprint density at radius 3 is 2.14 bits per heavy atom. The van der Waals surface area contributed by atoms with Gasteiger partial charge < -0.3 is 19.6 Å². The van der Waals surface area contributed by atoms with Crippen LogP contribution in [0.4, 0.5) is 5.69 Å². The first-order chi connectivity index (χ1) is 17.0. The van der Waals surface area contributed by atoms with Crippen molar-refractivity contribution in [2.24, 2.45) is 0 Å². The number of carbonyl (C=O) groups is 3. The number of hydrogen-bond donors (Lipinski definition) is 0. The average Bonchev–Trinajstić information content (AvgIpc) is 3.51. The second-order valence-corrected chi connectivity index (χ2v) is 10.4. The molecule has 1 aromatic carbocycles. The van der Waals surface area contributed by atoms with Crippen molar-refractivity contribution >= 4 is 23.4 Å². The molecule has 3 aliphatic heterocycles. The van der Waals surface area contributed by atoms with Crippen LogP contribution in [0.1, 0.15) is 77.6 Å². The summed E-state index contributed by atoms with van der Waals surface area (Å²) in [5.41, 5.74) is 0.327. The predicted octanol–water partition coefficient (Wildman–Crippen LogP) is 4.03. The average molecular weight is 483 g/mol. The van der Waals surface area contributed by atoms with Crippen LogP contribution in [0.5, 0.6) is 0 Å². The van der Waals surface area contributed by atoms with E-state index in [1.807, 2.05) is 40.1 Å². The molecule has 7 heteroatoms. The second-order valence-electron chi connectivity index (χ2n) is 10.4. The van der Waals surface area contributed by atoms with E-state index in [0.717, 1.165) is 44.5 Å².